The molecule has 0 bridgehead atoms. The number of carbonyl (C=O) groups is 1. The summed E-state index contributed by atoms with van der Waals surface area (Å²) >= 11 is 0. The van der Waals surface area contributed by atoms with E-state index in [1.807, 2.05) is 18.2 Å². The quantitative estimate of drug-likeness (QED) is 0.822. The van der Waals surface area contributed by atoms with Crippen molar-refractivity contribution in [3.63, 3.8) is 0 Å². The predicted molar refractivity (Wildman–Crippen MR) is 88.4 cm³/mol. The van der Waals surface area contributed by atoms with E-state index in [0.29, 0.717) is 25.4 Å². The molecule has 2 fully saturated rings. The number of rotatable bonds is 4. The third-order valence-corrected chi connectivity index (χ3v) is 4.96. The van der Waals surface area contributed by atoms with Gasteiger partial charge in [0.25, 0.3) is 0 Å². The van der Waals surface area contributed by atoms with E-state index in [1.54, 1.807) is 4.90 Å². The van der Waals surface area contributed by atoms with Gasteiger partial charge in [0.2, 0.25) is 12.7 Å². The lowest BCUT2D eigenvalue weighted by Crippen LogP contribution is -2.42. The van der Waals surface area contributed by atoms with E-state index in [0.717, 1.165) is 37.3 Å². The van der Waals surface area contributed by atoms with Crippen molar-refractivity contribution < 1.29 is 19.0 Å². The van der Waals surface area contributed by atoms with Crippen molar-refractivity contribution in [3.05, 3.63) is 18.2 Å². The Morgan fingerprint density at radius 2 is 2.16 bits per heavy atom. The standard InChI is InChI=1S/C18H21N3O4/c19-9-13-2-1-6-21(13)18(22)11-20-7-5-15(10-20)25-14-3-4-16-17(8-14)24-12-23-16/h3-4,8,13,15H,1-2,5-7,10-12H2. The van der Waals surface area contributed by atoms with Gasteiger partial charge in [0, 0.05) is 25.7 Å². The first-order valence-corrected chi connectivity index (χ1v) is 8.70. The highest BCUT2D eigenvalue weighted by Gasteiger charge is 2.32. The molecule has 0 aliphatic carbocycles. The number of nitriles is 1. The van der Waals surface area contributed by atoms with E-state index in [-0.39, 0.29) is 24.8 Å². The first kappa shape index (κ1) is 16.0. The summed E-state index contributed by atoms with van der Waals surface area (Å²) in [6.45, 7) is 2.84. The van der Waals surface area contributed by atoms with Crippen molar-refractivity contribution in [2.75, 3.05) is 33.0 Å². The Labute approximate surface area is 146 Å². The van der Waals surface area contributed by atoms with Gasteiger partial charge in [-0.1, -0.05) is 0 Å². The van der Waals surface area contributed by atoms with Gasteiger partial charge < -0.3 is 19.1 Å². The summed E-state index contributed by atoms with van der Waals surface area (Å²) in [5.74, 6) is 2.25. The highest BCUT2D eigenvalue weighted by atomic mass is 16.7. The zero-order valence-corrected chi connectivity index (χ0v) is 14.0. The first-order chi connectivity index (χ1) is 12.2. The van der Waals surface area contributed by atoms with Crippen molar-refractivity contribution in [3.8, 4) is 23.3 Å². The molecule has 2 saturated heterocycles. The fourth-order valence-corrected chi connectivity index (χ4v) is 3.66. The van der Waals surface area contributed by atoms with Crippen LogP contribution in [0.15, 0.2) is 18.2 Å². The van der Waals surface area contributed by atoms with Crippen LogP contribution in [0.4, 0.5) is 0 Å². The molecule has 3 aliphatic heterocycles. The number of nitrogens with zero attached hydrogens (tertiary/aromatic N) is 3. The zero-order valence-electron chi connectivity index (χ0n) is 14.0. The van der Waals surface area contributed by atoms with Crippen molar-refractivity contribution in [2.24, 2.45) is 0 Å². The van der Waals surface area contributed by atoms with Crippen molar-refractivity contribution in [1.82, 2.24) is 9.80 Å². The molecule has 1 aromatic carbocycles. The van der Waals surface area contributed by atoms with Crippen LogP contribution in [0.2, 0.25) is 0 Å². The van der Waals surface area contributed by atoms with Crippen molar-refractivity contribution >= 4 is 5.91 Å². The summed E-state index contributed by atoms with van der Waals surface area (Å²) in [5.41, 5.74) is 0. The summed E-state index contributed by atoms with van der Waals surface area (Å²) in [6.07, 6.45) is 2.64. The normalized spacial score (nSPS) is 25.2. The first-order valence-electron chi connectivity index (χ1n) is 8.70. The monoisotopic (exact) mass is 343 g/mol. The second kappa shape index (κ2) is 6.81. The van der Waals surface area contributed by atoms with Crippen LogP contribution in [0.3, 0.4) is 0 Å². The molecule has 2 unspecified atom stereocenters. The highest BCUT2D eigenvalue weighted by Crippen LogP contribution is 2.35. The second-order valence-corrected chi connectivity index (χ2v) is 6.65. The third kappa shape index (κ3) is 3.35. The third-order valence-electron chi connectivity index (χ3n) is 4.96. The smallest absolute Gasteiger partial charge is 0.237 e. The molecule has 0 aromatic heterocycles. The molecule has 0 N–H and O–H groups in total. The summed E-state index contributed by atoms with van der Waals surface area (Å²) in [5, 5.41) is 9.12. The Hall–Kier alpha value is -2.46. The van der Waals surface area contributed by atoms with Crippen LogP contribution in [-0.4, -0.2) is 60.8 Å². The van der Waals surface area contributed by atoms with Gasteiger partial charge in [0.05, 0.1) is 12.6 Å². The van der Waals surface area contributed by atoms with Crippen LogP contribution in [0.25, 0.3) is 0 Å². The van der Waals surface area contributed by atoms with Gasteiger partial charge in [-0.05, 0) is 31.4 Å². The minimum absolute atomic E-state index is 0.0489. The molecule has 0 spiro atoms. The van der Waals surface area contributed by atoms with Crippen LogP contribution in [0.5, 0.6) is 17.2 Å². The van der Waals surface area contributed by atoms with Gasteiger partial charge >= 0.3 is 0 Å². The SMILES string of the molecule is N#CC1CCCN1C(=O)CN1CCC(Oc2ccc3c(c2)OCO3)C1. The molecule has 7 heteroatoms. The van der Waals surface area contributed by atoms with Gasteiger partial charge in [-0.15, -0.1) is 0 Å². The second-order valence-electron chi connectivity index (χ2n) is 6.65. The lowest BCUT2D eigenvalue weighted by atomic mass is 10.2. The minimum atomic E-state index is -0.254. The maximum atomic E-state index is 12.4. The van der Waals surface area contributed by atoms with Crippen LogP contribution in [0, 0.1) is 11.3 Å². The lowest BCUT2D eigenvalue weighted by Gasteiger charge is -2.23. The van der Waals surface area contributed by atoms with E-state index in [2.05, 4.69) is 11.0 Å². The predicted octanol–water partition coefficient (Wildman–Crippen LogP) is 1.38. The maximum Gasteiger partial charge on any atom is 0.237 e. The molecule has 4 rings (SSSR count). The van der Waals surface area contributed by atoms with Gasteiger partial charge in [0.1, 0.15) is 17.9 Å². The average molecular weight is 343 g/mol. The minimum Gasteiger partial charge on any atom is -0.489 e. The Morgan fingerprint density at radius 3 is 3.04 bits per heavy atom. The lowest BCUT2D eigenvalue weighted by molar-refractivity contribution is -0.132. The highest BCUT2D eigenvalue weighted by molar-refractivity contribution is 5.79. The van der Waals surface area contributed by atoms with E-state index in [4.69, 9.17) is 19.5 Å². The van der Waals surface area contributed by atoms with Gasteiger partial charge in [0.15, 0.2) is 11.5 Å². The van der Waals surface area contributed by atoms with Crippen LogP contribution in [-0.2, 0) is 4.79 Å². The molecule has 2 atom stereocenters. The van der Waals surface area contributed by atoms with Gasteiger partial charge in [-0.3, -0.25) is 9.69 Å². The average Bonchev–Trinajstić information content (AvgIpc) is 3.34. The molecule has 0 radical (unpaired) electrons. The number of benzene rings is 1. The molecule has 132 valence electrons. The number of hydrogen-bond donors (Lipinski definition) is 0. The summed E-state index contributed by atoms with van der Waals surface area (Å²) in [4.78, 5) is 16.2. The Bertz CT molecular complexity index is 702. The molecular weight excluding hydrogens is 322 g/mol. The van der Waals surface area contributed by atoms with Crippen LogP contribution >= 0.6 is 0 Å². The summed E-state index contributed by atoms with van der Waals surface area (Å²) in [6, 6.07) is 7.54. The fraction of sp³-hybridized carbons (Fsp3) is 0.556. The van der Waals surface area contributed by atoms with E-state index < -0.39 is 0 Å². The van der Waals surface area contributed by atoms with Crippen LogP contribution < -0.4 is 14.2 Å². The van der Waals surface area contributed by atoms with E-state index >= 15 is 0 Å². The Balaban J connectivity index is 1.30. The molecule has 1 aromatic rings. The molecule has 0 saturated carbocycles. The van der Waals surface area contributed by atoms with Crippen LogP contribution in [0.1, 0.15) is 19.3 Å². The van der Waals surface area contributed by atoms with Gasteiger partial charge in [-0.25, -0.2) is 0 Å². The van der Waals surface area contributed by atoms with Crippen molar-refractivity contribution in [1.29, 1.82) is 5.26 Å². The summed E-state index contributed by atoms with van der Waals surface area (Å²) < 4.78 is 16.7. The Kier molecular flexibility index (Phi) is 4.36. The maximum absolute atomic E-state index is 12.4. The molecule has 7 nitrogen and oxygen atoms in total. The number of likely N-dealkylation sites (tertiary alicyclic amines) is 2. The van der Waals surface area contributed by atoms with Crippen molar-refractivity contribution in [2.45, 2.75) is 31.4 Å². The molecule has 3 heterocycles. The fourth-order valence-electron chi connectivity index (χ4n) is 3.66. The molecule has 25 heavy (non-hydrogen) atoms. The molecule has 3 aliphatic rings. The summed E-state index contributed by atoms with van der Waals surface area (Å²) in [7, 11) is 0. The number of hydrogen-bond acceptors (Lipinski definition) is 6. The Morgan fingerprint density at radius 1 is 1.28 bits per heavy atom. The molecular formula is C18H21N3O4. The number of ether oxygens (including phenoxy) is 3. The van der Waals surface area contributed by atoms with E-state index in [9.17, 15) is 4.79 Å². The van der Waals surface area contributed by atoms with E-state index in [1.165, 1.54) is 0 Å². The number of amides is 1. The largest absolute Gasteiger partial charge is 0.489 e. The number of carbonyl (C=O) groups excluding carboxylic acids is 1. The molecule has 1 amide bonds. The zero-order chi connectivity index (χ0) is 17.2. The number of fused-ring (bicyclic) bond motifs is 1. The topological polar surface area (TPSA) is 75.0 Å². The van der Waals surface area contributed by atoms with Gasteiger partial charge in [-0.2, -0.15) is 5.26 Å².